The van der Waals surface area contributed by atoms with Crippen molar-refractivity contribution in [1.82, 2.24) is 15.1 Å². The number of hydrogen-bond donors (Lipinski definition) is 1. The zero-order chi connectivity index (χ0) is 13.1. The summed E-state index contributed by atoms with van der Waals surface area (Å²) in [7, 11) is 1.80. The van der Waals surface area contributed by atoms with E-state index in [0.29, 0.717) is 16.9 Å². The number of aryl methyl sites for hydroxylation is 1. The smallest absolute Gasteiger partial charge is 0.254 e. The summed E-state index contributed by atoms with van der Waals surface area (Å²) in [5, 5.41) is 6.86. The molecule has 0 radical (unpaired) electrons. The summed E-state index contributed by atoms with van der Waals surface area (Å²) in [6, 6.07) is 0. The first kappa shape index (κ1) is 14.2. The highest BCUT2D eigenvalue weighted by atomic mass is 79.9. The van der Waals surface area contributed by atoms with Gasteiger partial charge >= 0.3 is 0 Å². The summed E-state index contributed by atoms with van der Waals surface area (Å²) in [6.07, 6.45) is 4.30. The Morgan fingerprint density at radius 1 is 1.59 bits per heavy atom. The van der Waals surface area contributed by atoms with E-state index >= 15 is 0 Å². The number of rotatable bonds is 4. The molecule has 5 heteroatoms. The normalized spacial score (nSPS) is 13.5. The van der Waals surface area contributed by atoms with Crippen LogP contribution < -0.4 is 5.32 Å². The second kappa shape index (κ2) is 5.67. The van der Waals surface area contributed by atoms with Crippen molar-refractivity contribution in [3.8, 4) is 0 Å². The van der Waals surface area contributed by atoms with Crippen molar-refractivity contribution in [2.75, 3.05) is 6.54 Å². The van der Waals surface area contributed by atoms with E-state index in [9.17, 15) is 4.79 Å². The van der Waals surface area contributed by atoms with Crippen molar-refractivity contribution >= 4 is 21.8 Å². The Morgan fingerprint density at radius 2 is 2.24 bits per heavy atom. The van der Waals surface area contributed by atoms with E-state index in [-0.39, 0.29) is 11.3 Å². The number of nitrogens with zero attached hydrogens (tertiary/aromatic N) is 2. The summed E-state index contributed by atoms with van der Waals surface area (Å²) >= 11 is 3.58. The zero-order valence-corrected chi connectivity index (χ0v) is 12.4. The van der Waals surface area contributed by atoms with Crippen LogP contribution >= 0.6 is 15.9 Å². The number of nitrogens with one attached hydrogen (secondary N) is 1. The summed E-state index contributed by atoms with van der Waals surface area (Å²) in [5.74, 6) is -0.0727. The van der Waals surface area contributed by atoms with E-state index in [2.05, 4.69) is 47.1 Å². The fourth-order valence-electron chi connectivity index (χ4n) is 1.58. The molecule has 1 rings (SSSR count). The number of hydrogen-bond acceptors (Lipinski definition) is 2. The Hall–Kier alpha value is -0.840. The molecule has 96 valence electrons. The first-order valence-corrected chi connectivity index (χ1v) is 6.60. The van der Waals surface area contributed by atoms with E-state index in [1.54, 1.807) is 24.1 Å². The topological polar surface area (TPSA) is 46.9 Å². The van der Waals surface area contributed by atoms with Crippen molar-refractivity contribution in [3.05, 3.63) is 18.0 Å². The molecule has 4 nitrogen and oxygen atoms in total. The largest absolute Gasteiger partial charge is 0.351 e. The summed E-state index contributed by atoms with van der Waals surface area (Å²) in [6.45, 7) is 7.18. The first-order valence-electron chi connectivity index (χ1n) is 5.69. The molecule has 0 bridgehead atoms. The van der Waals surface area contributed by atoms with Gasteiger partial charge < -0.3 is 5.32 Å². The van der Waals surface area contributed by atoms with Crippen molar-refractivity contribution in [2.45, 2.75) is 32.0 Å². The molecule has 0 aliphatic rings. The van der Waals surface area contributed by atoms with E-state index in [0.717, 1.165) is 6.42 Å². The number of carbonyl (C=O) groups is 1. The molecule has 0 aromatic carbocycles. The van der Waals surface area contributed by atoms with E-state index in [1.165, 1.54) is 0 Å². The number of halogens is 1. The number of aromatic nitrogens is 2. The molecule has 1 aromatic rings. The van der Waals surface area contributed by atoms with Crippen LogP contribution in [0.4, 0.5) is 0 Å². The van der Waals surface area contributed by atoms with Gasteiger partial charge in [-0.3, -0.25) is 9.48 Å². The van der Waals surface area contributed by atoms with E-state index in [4.69, 9.17) is 0 Å². The Kier molecular flexibility index (Phi) is 4.74. The average molecular weight is 302 g/mol. The standard InChI is InChI=1S/C12H20BrN3O/c1-12(2,3)5-10(13)7-14-11(17)9-6-15-16(4)8-9/h6,8,10H,5,7H2,1-4H3,(H,14,17). The highest BCUT2D eigenvalue weighted by molar-refractivity contribution is 9.09. The lowest BCUT2D eigenvalue weighted by molar-refractivity contribution is 0.0952. The third kappa shape index (κ3) is 5.35. The Bertz CT molecular complexity index is 381. The van der Waals surface area contributed by atoms with Crippen LogP contribution in [0.3, 0.4) is 0 Å². The van der Waals surface area contributed by atoms with Gasteiger partial charge in [0.15, 0.2) is 0 Å². The zero-order valence-electron chi connectivity index (χ0n) is 10.8. The van der Waals surface area contributed by atoms with Gasteiger partial charge in [0.1, 0.15) is 0 Å². The van der Waals surface area contributed by atoms with Gasteiger partial charge in [-0.05, 0) is 11.8 Å². The minimum Gasteiger partial charge on any atom is -0.351 e. The van der Waals surface area contributed by atoms with Crippen LogP contribution in [0.15, 0.2) is 12.4 Å². The fraction of sp³-hybridized carbons (Fsp3) is 0.667. The molecule has 1 unspecified atom stereocenters. The summed E-state index contributed by atoms with van der Waals surface area (Å²) in [5.41, 5.74) is 0.857. The quantitative estimate of drug-likeness (QED) is 0.868. The maximum atomic E-state index is 11.7. The molecule has 1 atom stereocenters. The predicted octanol–water partition coefficient (Wildman–Crippen LogP) is 2.35. The SMILES string of the molecule is Cn1cc(C(=O)NCC(Br)CC(C)(C)C)cn1. The molecule has 1 heterocycles. The lowest BCUT2D eigenvalue weighted by Gasteiger charge is -2.22. The van der Waals surface area contributed by atoms with Gasteiger partial charge in [0.25, 0.3) is 5.91 Å². The maximum absolute atomic E-state index is 11.7. The van der Waals surface area contributed by atoms with Gasteiger partial charge in [-0.15, -0.1) is 0 Å². The maximum Gasteiger partial charge on any atom is 0.254 e. The molecule has 0 aliphatic carbocycles. The first-order chi connectivity index (χ1) is 7.78. The molecule has 0 saturated carbocycles. The summed E-state index contributed by atoms with van der Waals surface area (Å²) < 4.78 is 1.62. The lowest BCUT2D eigenvalue weighted by atomic mass is 9.90. The highest BCUT2D eigenvalue weighted by Crippen LogP contribution is 2.24. The summed E-state index contributed by atoms with van der Waals surface area (Å²) in [4.78, 5) is 12.0. The number of carbonyl (C=O) groups excluding carboxylic acids is 1. The van der Waals surface area contributed by atoms with Gasteiger partial charge in [0.2, 0.25) is 0 Å². The molecule has 0 spiro atoms. The van der Waals surface area contributed by atoms with E-state index in [1.807, 2.05) is 0 Å². The van der Waals surface area contributed by atoms with Crippen molar-refractivity contribution in [2.24, 2.45) is 12.5 Å². The third-order valence-electron chi connectivity index (χ3n) is 2.29. The minimum atomic E-state index is -0.0727. The van der Waals surface area contributed by atoms with E-state index < -0.39 is 0 Å². The van der Waals surface area contributed by atoms with Crippen molar-refractivity contribution in [1.29, 1.82) is 0 Å². The number of amides is 1. The van der Waals surface area contributed by atoms with Gasteiger partial charge in [-0.25, -0.2) is 0 Å². The van der Waals surface area contributed by atoms with Crippen LogP contribution in [0.1, 0.15) is 37.6 Å². The Balaban J connectivity index is 2.38. The highest BCUT2D eigenvalue weighted by Gasteiger charge is 2.17. The third-order valence-corrected chi connectivity index (χ3v) is 2.93. The predicted molar refractivity (Wildman–Crippen MR) is 72.3 cm³/mol. The lowest BCUT2D eigenvalue weighted by Crippen LogP contribution is -2.31. The van der Waals surface area contributed by atoms with Crippen molar-refractivity contribution in [3.63, 3.8) is 0 Å². The van der Waals surface area contributed by atoms with Gasteiger partial charge in [0, 0.05) is 24.6 Å². The van der Waals surface area contributed by atoms with Crippen LogP contribution in [0.25, 0.3) is 0 Å². The Morgan fingerprint density at radius 3 is 2.71 bits per heavy atom. The van der Waals surface area contributed by atoms with Crippen LogP contribution in [0.5, 0.6) is 0 Å². The monoisotopic (exact) mass is 301 g/mol. The number of alkyl halides is 1. The second-order valence-electron chi connectivity index (χ2n) is 5.47. The molecule has 0 aliphatic heterocycles. The van der Waals surface area contributed by atoms with Crippen LogP contribution in [0, 0.1) is 5.41 Å². The molecule has 1 amide bonds. The van der Waals surface area contributed by atoms with Crippen molar-refractivity contribution < 1.29 is 4.79 Å². The van der Waals surface area contributed by atoms with Crippen LogP contribution in [0.2, 0.25) is 0 Å². The van der Waals surface area contributed by atoms with Crippen LogP contribution in [-0.2, 0) is 7.05 Å². The molecule has 1 aromatic heterocycles. The molecule has 0 saturated heterocycles. The molecule has 1 N–H and O–H groups in total. The average Bonchev–Trinajstić information content (AvgIpc) is 2.58. The molecular weight excluding hydrogens is 282 g/mol. The molecule has 0 fully saturated rings. The molecular formula is C12H20BrN3O. The minimum absolute atomic E-state index is 0.0727. The fourth-order valence-corrected chi connectivity index (χ4v) is 2.71. The van der Waals surface area contributed by atoms with Crippen LogP contribution in [-0.4, -0.2) is 27.1 Å². The van der Waals surface area contributed by atoms with Gasteiger partial charge in [0.05, 0.1) is 11.8 Å². The van der Waals surface area contributed by atoms with Gasteiger partial charge in [-0.2, -0.15) is 5.10 Å². The van der Waals surface area contributed by atoms with Gasteiger partial charge in [-0.1, -0.05) is 36.7 Å². The Labute approximate surface area is 111 Å². The molecule has 17 heavy (non-hydrogen) atoms. The second-order valence-corrected chi connectivity index (χ2v) is 6.77.